The van der Waals surface area contributed by atoms with Gasteiger partial charge in [0.25, 0.3) is 0 Å². The van der Waals surface area contributed by atoms with E-state index in [2.05, 4.69) is 5.10 Å². The molecule has 6 atom stereocenters. The van der Waals surface area contributed by atoms with Crippen molar-refractivity contribution in [3.05, 3.63) is 51.6 Å². The third-order valence-electron chi connectivity index (χ3n) is 8.15. The van der Waals surface area contributed by atoms with E-state index in [4.69, 9.17) is 25.7 Å². The van der Waals surface area contributed by atoms with E-state index >= 15 is 0 Å². The summed E-state index contributed by atoms with van der Waals surface area (Å²) in [7, 11) is 1.33. The van der Waals surface area contributed by atoms with Crippen molar-refractivity contribution in [1.29, 1.82) is 0 Å². The highest BCUT2D eigenvalue weighted by Gasteiger charge is 2.49. The lowest BCUT2D eigenvalue weighted by Gasteiger charge is -2.42. The number of phenols is 2. The molecule has 232 valence electrons. The number of primary amides is 1. The van der Waals surface area contributed by atoms with Crippen LogP contribution >= 0.6 is 12.4 Å². The Hall–Kier alpha value is -3.79. The molecule has 0 radical (unpaired) electrons. The zero-order valence-electron chi connectivity index (χ0n) is 23.5. The Bertz CT molecular complexity index is 1520. The molecule has 0 saturated carbocycles. The molecule has 9 N–H and O–H groups in total. The molecule has 14 nitrogen and oxygen atoms in total. The Morgan fingerprint density at radius 1 is 1.16 bits per heavy atom. The van der Waals surface area contributed by atoms with Crippen LogP contribution in [0.3, 0.4) is 0 Å². The quantitative estimate of drug-likeness (QED) is 0.120. The molecule has 2 aromatic rings. The Morgan fingerprint density at radius 2 is 1.84 bits per heavy atom. The number of carbonyl (C=O) groups excluding carboxylic acids is 3. The molecule has 1 saturated heterocycles. The Morgan fingerprint density at radius 3 is 2.47 bits per heavy atom. The molecule has 2 aromatic carbocycles. The molecule has 1 fully saturated rings. The van der Waals surface area contributed by atoms with E-state index in [1.165, 1.54) is 32.2 Å². The van der Waals surface area contributed by atoms with Crippen LogP contribution in [0.5, 0.6) is 17.2 Å². The Balaban J connectivity index is 0.00000423. The predicted molar refractivity (Wildman–Crippen MR) is 153 cm³/mol. The standard InChI is InChI=1S/C28H32N4O10.ClH/c1-10-22(33)14(29)7-17(41-10)42-16-9-28(39,11(2)31-32-27(30)38)8-13-19(16)26(37)21-20(24(13)35)23(34)12-5-4-6-15(40-3)18(12)25(21)36;/h4-6,10,14,16-17,22,33,35,37,39H,7-9,29H2,1-3H3,(H3,30,32,38);1H/t10-,14-,16-,17-,22+,28-;/m0./s1. The number of fused-ring (bicyclic) bond motifs is 3. The maximum absolute atomic E-state index is 13.8. The van der Waals surface area contributed by atoms with E-state index in [1.807, 2.05) is 5.43 Å². The fourth-order valence-electron chi connectivity index (χ4n) is 5.91. The topological polar surface area (TPSA) is 236 Å². The number of rotatable bonds is 5. The first-order chi connectivity index (χ1) is 19.8. The van der Waals surface area contributed by atoms with Crippen LogP contribution in [0.25, 0.3) is 0 Å². The van der Waals surface area contributed by atoms with Crippen molar-refractivity contribution in [2.45, 2.75) is 69.4 Å². The summed E-state index contributed by atoms with van der Waals surface area (Å²) in [6.07, 6.45) is -4.54. The summed E-state index contributed by atoms with van der Waals surface area (Å²) in [5.41, 5.74) is 10.3. The lowest BCUT2D eigenvalue weighted by atomic mass is 9.72. The maximum atomic E-state index is 13.8. The van der Waals surface area contributed by atoms with Crippen LogP contribution in [-0.4, -0.2) is 81.0 Å². The van der Waals surface area contributed by atoms with Gasteiger partial charge in [0.15, 0.2) is 12.1 Å². The minimum atomic E-state index is -1.89. The molecule has 2 amide bonds. The van der Waals surface area contributed by atoms with E-state index in [0.29, 0.717) is 0 Å². The molecule has 1 aliphatic heterocycles. The molecule has 5 rings (SSSR count). The molecule has 1 heterocycles. The Kier molecular flexibility index (Phi) is 8.75. The number of aliphatic hydroxyl groups excluding tert-OH is 1. The van der Waals surface area contributed by atoms with E-state index in [-0.39, 0.29) is 65.4 Å². The van der Waals surface area contributed by atoms with Crippen molar-refractivity contribution in [2.24, 2.45) is 16.6 Å². The number of carbonyl (C=O) groups is 3. The number of aromatic hydroxyl groups is 2. The van der Waals surface area contributed by atoms with Crippen molar-refractivity contribution < 1.29 is 49.0 Å². The first kappa shape index (κ1) is 32.1. The number of amides is 2. The average molecular weight is 621 g/mol. The van der Waals surface area contributed by atoms with Gasteiger partial charge in [-0.3, -0.25) is 9.59 Å². The second kappa shape index (κ2) is 11.7. The number of nitrogens with one attached hydrogen (secondary N) is 1. The van der Waals surface area contributed by atoms with Crippen molar-refractivity contribution in [3.63, 3.8) is 0 Å². The van der Waals surface area contributed by atoms with E-state index in [9.17, 15) is 34.8 Å². The van der Waals surface area contributed by atoms with Gasteiger partial charge in [0.2, 0.25) is 5.78 Å². The normalized spacial score (nSPS) is 28.2. The smallest absolute Gasteiger partial charge is 0.332 e. The summed E-state index contributed by atoms with van der Waals surface area (Å²) < 4.78 is 17.3. The van der Waals surface area contributed by atoms with Crippen LogP contribution < -0.4 is 21.6 Å². The van der Waals surface area contributed by atoms with Crippen LogP contribution in [0.2, 0.25) is 0 Å². The molecular formula is C28H33ClN4O10. The first-order valence-corrected chi connectivity index (χ1v) is 13.2. The monoisotopic (exact) mass is 620 g/mol. The molecule has 0 aromatic heterocycles. The highest BCUT2D eigenvalue weighted by molar-refractivity contribution is 6.31. The third kappa shape index (κ3) is 5.30. The minimum Gasteiger partial charge on any atom is -0.507 e. The molecule has 43 heavy (non-hydrogen) atoms. The zero-order chi connectivity index (χ0) is 30.7. The van der Waals surface area contributed by atoms with Crippen LogP contribution in [-0.2, 0) is 15.9 Å². The number of urea groups is 1. The van der Waals surface area contributed by atoms with E-state index < -0.39 is 76.5 Å². The number of benzene rings is 2. The second-order valence-electron chi connectivity index (χ2n) is 10.8. The predicted octanol–water partition coefficient (Wildman–Crippen LogP) is 0.906. The molecule has 0 spiro atoms. The lowest BCUT2D eigenvalue weighted by Crippen LogP contribution is -2.52. The molecule has 0 bridgehead atoms. The van der Waals surface area contributed by atoms with Crippen LogP contribution in [0.1, 0.15) is 75.8 Å². The molecular weight excluding hydrogens is 588 g/mol. The zero-order valence-corrected chi connectivity index (χ0v) is 24.3. The number of hydrogen-bond donors (Lipinski definition) is 7. The fourth-order valence-corrected chi connectivity index (χ4v) is 5.91. The Labute approximate surface area is 252 Å². The van der Waals surface area contributed by atoms with Crippen LogP contribution in [0.4, 0.5) is 4.79 Å². The summed E-state index contributed by atoms with van der Waals surface area (Å²) in [5.74, 6) is -2.61. The summed E-state index contributed by atoms with van der Waals surface area (Å²) in [4.78, 5) is 38.7. The van der Waals surface area contributed by atoms with Crippen LogP contribution in [0.15, 0.2) is 23.3 Å². The summed E-state index contributed by atoms with van der Waals surface area (Å²) >= 11 is 0. The van der Waals surface area contributed by atoms with Gasteiger partial charge in [-0.15, -0.1) is 12.4 Å². The maximum Gasteiger partial charge on any atom is 0.332 e. The number of phenolic OH excluding ortho intramolecular Hbond substituents is 2. The van der Waals surface area contributed by atoms with Crippen molar-refractivity contribution in [1.82, 2.24) is 5.43 Å². The summed E-state index contributed by atoms with van der Waals surface area (Å²) in [5, 5.41) is 48.9. The lowest BCUT2D eigenvalue weighted by molar-refractivity contribution is -0.245. The highest BCUT2D eigenvalue weighted by atomic mass is 35.5. The number of halogens is 1. The number of ether oxygens (including phenoxy) is 3. The third-order valence-corrected chi connectivity index (χ3v) is 8.15. The number of nitrogens with two attached hydrogens (primary N) is 2. The number of nitrogens with zero attached hydrogens (tertiary/aromatic N) is 1. The number of methoxy groups -OCH3 is 1. The van der Waals surface area contributed by atoms with Crippen molar-refractivity contribution in [2.75, 3.05) is 7.11 Å². The number of ketones is 2. The van der Waals surface area contributed by atoms with Gasteiger partial charge in [-0.25, -0.2) is 10.2 Å². The number of hydrogen-bond acceptors (Lipinski definition) is 12. The molecule has 3 aliphatic rings. The molecule has 2 aliphatic carbocycles. The van der Waals surface area contributed by atoms with E-state index in [0.717, 1.165) is 0 Å². The fraction of sp³-hybridized carbons (Fsp3) is 0.429. The molecule has 15 heteroatoms. The van der Waals surface area contributed by atoms with Crippen LogP contribution in [0, 0.1) is 0 Å². The highest BCUT2D eigenvalue weighted by Crippen LogP contribution is 2.52. The summed E-state index contributed by atoms with van der Waals surface area (Å²) in [6, 6.07) is 2.73. The SMILES string of the molecule is COc1cccc2c1C(=O)c1c(O)c3c(c(O)c1C2=O)C[C@@](O)(C(C)=NNC(N)=O)C[C@@H]3O[C@H]1C[C@H](N)[C@H](O)[C@H](C)O1.Cl. The van der Waals surface area contributed by atoms with E-state index in [1.54, 1.807) is 6.92 Å². The number of aliphatic hydroxyl groups is 2. The summed E-state index contributed by atoms with van der Waals surface area (Å²) in [6.45, 7) is 3.02. The number of hydrazone groups is 1. The van der Waals surface area contributed by atoms with Crippen molar-refractivity contribution in [3.8, 4) is 17.2 Å². The van der Waals surface area contributed by atoms with Gasteiger partial charge < -0.3 is 46.1 Å². The largest absolute Gasteiger partial charge is 0.507 e. The van der Waals surface area contributed by atoms with Gasteiger partial charge >= 0.3 is 6.03 Å². The van der Waals surface area contributed by atoms with Gasteiger partial charge in [-0.1, -0.05) is 12.1 Å². The van der Waals surface area contributed by atoms with Gasteiger partial charge in [0.05, 0.1) is 47.8 Å². The van der Waals surface area contributed by atoms with Gasteiger partial charge in [-0.2, -0.15) is 5.10 Å². The first-order valence-electron chi connectivity index (χ1n) is 13.2. The van der Waals surface area contributed by atoms with Gasteiger partial charge in [-0.05, 0) is 19.9 Å². The van der Waals surface area contributed by atoms with Gasteiger partial charge in [0, 0.05) is 42.0 Å². The minimum absolute atomic E-state index is 0. The second-order valence-corrected chi connectivity index (χ2v) is 10.8. The molecule has 0 unspecified atom stereocenters. The average Bonchev–Trinajstić information content (AvgIpc) is 2.94. The van der Waals surface area contributed by atoms with Gasteiger partial charge in [0.1, 0.15) is 22.8 Å². The van der Waals surface area contributed by atoms with Crippen molar-refractivity contribution >= 4 is 35.7 Å².